The van der Waals surface area contributed by atoms with Gasteiger partial charge in [0.25, 0.3) is 3.79 Å². The molecule has 100 valence electrons. The lowest BCUT2D eigenvalue weighted by Gasteiger charge is -2.27. The number of carbonyl (C=O) groups excluding carboxylic acids is 1. The number of quaternary nitrogens is 1. The van der Waals surface area contributed by atoms with Crippen molar-refractivity contribution in [2.24, 2.45) is 0 Å². The number of hydrogen-bond donors (Lipinski definition) is 2. The standard InChI is InChI=1S/C12H15Cl3N2O/c1-17(2)11(12(13,14)15)16-10(18)8-9-6-4-3-5-7-9/h3-7,11H,8H2,1-2H3,(H,16,18)/p+1/t11-/m1/s1. The van der Waals surface area contributed by atoms with Crippen LogP contribution >= 0.6 is 34.8 Å². The smallest absolute Gasteiger partial charge is 0.262 e. The third-order valence-electron chi connectivity index (χ3n) is 2.42. The molecule has 0 aliphatic heterocycles. The van der Waals surface area contributed by atoms with Gasteiger partial charge in [0.15, 0.2) is 0 Å². The molecule has 0 unspecified atom stereocenters. The maximum absolute atomic E-state index is 11.9. The van der Waals surface area contributed by atoms with Crippen molar-refractivity contribution in [1.82, 2.24) is 5.32 Å². The number of rotatable bonds is 4. The van der Waals surface area contributed by atoms with Crippen LogP contribution in [0.5, 0.6) is 0 Å². The van der Waals surface area contributed by atoms with E-state index in [1.807, 2.05) is 44.4 Å². The summed E-state index contributed by atoms with van der Waals surface area (Å²) in [6, 6.07) is 9.42. The molecule has 1 amide bonds. The van der Waals surface area contributed by atoms with Gasteiger partial charge in [-0.3, -0.25) is 4.79 Å². The van der Waals surface area contributed by atoms with Crippen molar-refractivity contribution in [2.75, 3.05) is 14.1 Å². The minimum atomic E-state index is -1.54. The van der Waals surface area contributed by atoms with E-state index >= 15 is 0 Å². The summed E-state index contributed by atoms with van der Waals surface area (Å²) in [6.07, 6.45) is -0.315. The molecule has 3 nitrogen and oxygen atoms in total. The summed E-state index contributed by atoms with van der Waals surface area (Å²) in [5.74, 6) is -0.168. The molecule has 0 bridgehead atoms. The molecule has 0 saturated carbocycles. The predicted molar refractivity (Wildman–Crippen MR) is 75.2 cm³/mol. The first kappa shape index (κ1) is 15.6. The molecule has 6 heteroatoms. The Kier molecular flexibility index (Phi) is 5.73. The van der Waals surface area contributed by atoms with Gasteiger partial charge in [0.1, 0.15) is 0 Å². The van der Waals surface area contributed by atoms with Crippen molar-refractivity contribution in [2.45, 2.75) is 16.4 Å². The maximum Gasteiger partial charge on any atom is 0.262 e. The zero-order valence-corrected chi connectivity index (χ0v) is 12.5. The van der Waals surface area contributed by atoms with Gasteiger partial charge in [-0.2, -0.15) is 0 Å². The molecular weight excluding hydrogens is 295 g/mol. The number of carbonyl (C=O) groups is 1. The van der Waals surface area contributed by atoms with Crippen molar-refractivity contribution < 1.29 is 9.69 Å². The van der Waals surface area contributed by atoms with Gasteiger partial charge < -0.3 is 10.2 Å². The molecule has 0 aliphatic carbocycles. The number of alkyl halides is 3. The predicted octanol–water partition coefficient (Wildman–Crippen LogP) is 1.19. The molecule has 0 radical (unpaired) electrons. The molecule has 0 saturated heterocycles. The highest BCUT2D eigenvalue weighted by atomic mass is 35.6. The molecule has 0 aromatic heterocycles. The number of nitrogens with one attached hydrogen (secondary N) is 2. The van der Waals surface area contributed by atoms with Crippen LogP contribution in [0.2, 0.25) is 0 Å². The van der Waals surface area contributed by atoms with Crippen molar-refractivity contribution in [1.29, 1.82) is 0 Å². The highest BCUT2D eigenvalue weighted by Gasteiger charge is 2.39. The Morgan fingerprint density at radius 1 is 1.28 bits per heavy atom. The van der Waals surface area contributed by atoms with Crippen molar-refractivity contribution in [3.63, 3.8) is 0 Å². The average molecular weight is 311 g/mol. The number of amides is 1. The van der Waals surface area contributed by atoms with Crippen LogP contribution in [-0.2, 0) is 11.2 Å². The summed E-state index contributed by atoms with van der Waals surface area (Å²) in [4.78, 5) is 12.7. The minimum Gasteiger partial charge on any atom is -0.317 e. The van der Waals surface area contributed by atoms with Gasteiger partial charge in [0.05, 0.1) is 20.5 Å². The number of halogens is 3. The van der Waals surface area contributed by atoms with Crippen LogP contribution in [0.4, 0.5) is 0 Å². The maximum atomic E-state index is 11.9. The SMILES string of the molecule is C[NH+](C)[C@@H](NC(=O)Cc1ccccc1)C(Cl)(Cl)Cl. The van der Waals surface area contributed by atoms with Crippen LogP contribution in [0, 0.1) is 0 Å². The van der Waals surface area contributed by atoms with Gasteiger partial charge in [0.2, 0.25) is 12.1 Å². The third kappa shape index (κ3) is 5.02. The van der Waals surface area contributed by atoms with E-state index in [4.69, 9.17) is 34.8 Å². The monoisotopic (exact) mass is 309 g/mol. The van der Waals surface area contributed by atoms with Crippen LogP contribution in [0.3, 0.4) is 0 Å². The average Bonchev–Trinajstić information content (AvgIpc) is 2.25. The second kappa shape index (κ2) is 6.62. The molecule has 0 spiro atoms. The first-order valence-electron chi connectivity index (χ1n) is 5.50. The molecule has 0 fully saturated rings. The molecule has 1 atom stereocenters. The lowest BCUT2D eigenvalue weighted by molar-refractivity contribution is -0.887. The summed E-state index contributed by atoms with van der Waals surface area (Å²) >= 11 is 17.5. The Morgan fingerprint density at radius 3 is 2.28 bits per heavy atom. The second-order valence-electron chi connectivity index (χ2n) is 4.28. The van der Waals surface area contributed by atoms with E-state index in [2.05, 4.69) is 5.32 Å². The summed E-state index contributed by atoms with van der Waals surface area (Å²) < 4.78 is -1.54. The van der Waals surface area contributed by atoms with E-state index in [1.54, 1.807) is 0 Å². The Labute approximate surface area is 122 Å². The molecule has 0 aliphatic rings. The Bertz CT molecular complexity index is 390. The van der Waals surface area contributed by atoms with Gasteiger partial charge in [0, 0.05) is 0 Å². The Morgan fingerprint density at radius 2 is 1.83 bits per heavy atom. The fraction of sp³-hybridized carbons (Fsp3) is 0.417. The summed E-state index contributed by atoms with van der Waals surface area (Å²) in [7, 11) is 3.63. The quantitative estimate of drug-likeness (QED) is 0.636. The van der Waals surface area contributed by atoms with Gasteiger partial charge in [-0.25, -0.2) is 0 Å². The van der Waals surface area contributed by atoms with Crippen molar-refractivity contribution in [3.8, 4) is 0 Å². The third-order valence-corrected chi connectivity index (χ3v) is 3.07. The summed E-state index contributed by atoms with van der Waals surface area (Å²) in [5.41, 5.74) is 0.923. The topological polar surface area (TPSA) is 33.5 Å². The van der Waals surface area contributed by atoms with Crippen LogP contribution in [0.25, 0.3) is 0 Å². The number of benzene rings is 1. The van der Waals surface area contributed by atoms with E-state index < -0.39 is 9.96 Å². The van der Waals surface area contributed by atoms with Crippen LogP contribution in [0.1, 0.15) is 5.56 Å². The lowest BCUT2D eigenvalue weighted by atomic mass is 10.1. The van der Waals surface area contributed by atoms with Crippen molar-refractivity contribution >= 4 is 40.7 Å². The summed E-state index contributed by atoms with van der Waals surface area (Å²) in [6.45, 7) is 0. The second-order valence-corrected chi connectivity index (χ2v) is 6.65. The molecule has 0 heterocycles. The molecule has 2 N–H and O–H groups in total. The fourth-order valence-corrected chi connectivity index (χ4v) is 2.37. The van der Waals surface area contributed by atoms with Gasteiger partial charge in [-0.1, -0.05) is 65.1 Å². The summed E-state index contributed by atoms with van der Waals surface area (Å²) in [5, 5.41) is 2.73. The zero-order chi connectivity index (χ0) is 13.8. The van der Waals surface area contributed by atoms with Gasteiger partial charge >= 0.3 is 0 Å². The highest BCUT2D eigenvalue weighted by Crippen LogP contribution is 2.27. The van der Waals surface area contributed by atoms with Crippen molar-refractivity contribution in [3.05, 3.63) is 35.9 Å². The largest absolute Gasteiger partial charge is 0.317 e. The van der Waals surface area contributed by atoms with E-state index in [1.165, 1.54) is 0 Å². The van der Waals surface area contributed by atoms with Crippen LogP contribution in [0.15, 0.2) is 30.3 Å². The van der Waals surface area contributed by atoms with Gasteiger partial charge in [-0.05, 0) is 5.56 Å². The zero-order valence-electron chi connectivity index (χ0n) is 10.2. The van der Waals surface area contributed by atoms with E-state index in [0.29, 0.717) is 0 Å². The normalized spacial score (nSPS) is 13.4. The highest BCUT2D eigenvalue weighted by molar-refractivity contribution is 6.68. The lowest BCUT2D eigenvalue weighted by Crippen LogP contribution is -3.14. The van der Waals surface area contributed by atoms with Gasteiger partial charge in [-0.15, -0.1) is 0 Å². The first-order chi connectivity index (χ1) is 8.30. The van der Waals surface area contributed by atoms with Crippen LogP contribution < -0.4 is 10.2 Å². The minimum absolute atomic E-state index is 0.168. The van der Waals surface area contributed by atoms with Crippen LogP contribution in [-0.4, -0.2) is 30.0 Å². The number of hydrogen-bond acceptors (Lipinski definition) is 1. The van der Waals surface area contributed by atoms with E-state index in [9.17, 15) is 4.79 Å². The first-order valence-corrected chi connectivity index (χ1v) is 6.64. The van der Waals surface area contributed by atoms with E-state index in [-0.39, 0.29) is 12.3 Å². The molecular formula is C12H16Cl3N2O+. The Balaban J connectivity index is 2.63. The molecule has 1 aromatic rings. The fourth-order valence-electron chi connectivity index (χ4n) is 1.55. The molecule has 1 aromatic carbocycles. The van der Waals surface area contributed by atoms with E-state index in [0.717, 1.165) is 10.5 Å². The molecule has 1 rings (SSSR count). The Hall–Kier alpha value is -0.480. The molecule has 18 heavy (non-hydrogen) atoms.